The SMILES string of the molecule is c1ccc(-n2c3ccccc3c3ccc(N(c4ccc(-c5cccc6ccccc56)cc4)c4ccc5c(c4)C(c4ccccc4)(c4ccccc4)c4ccccc4-5)cc32)cc1. The number of benzene rings is 10. The van der Waals surface area contributed by atoms with Gasteiger partial charge in [0.1, 0.15) is 0 Å². The number of hydrogen-bond donors (Lipinski definition) is 0. The van der Waals surface area contributed by atoms with Crippen LogP contribution in [0.2, 0.25) is 0 Å². The Hall–Kier alpha value is -7.94. The normalized spacial score (nSPS) is 12.7. The molecule has 0 saturated heterocycles. The molecule has 0 radical (unpaired) electrons. The fourth-order valence-electron chi connectivity index (χ4n) is 10.2. The van der Waals surface area contributed by atoms with Crippen LogP contribution in [0.3, 0.4) is 0 Å². The quantitative estimate of drug-likeness (QED) is 0.156. The second-order valence-corrected chi connectivity index (χ2v) is 16.1. The maximum Gasteiger partial charge on any atom is 0.0714 e. The summed E-state index contributed by atoms with van der Waals surface area (Å²) < 4.78 is 2.41. The van der Waals surface area contributed by atoms with Gasteiger partial charge in [-0.05, 0) is 110 Å². The summed E-state index contributed by atoms with van der Waals surface area (Å²) in [5.74, 6) is 0. The Bertz CT molecular complexity index is 3360. The van der Waals surface area contributed by atoms with Crippen LogP contribution in [0.4, 0.5) is 17.1 Å². The van der Waals surface area contributed by atoms with E-state index < -0.39 is 5.41 Å². The van der Waals surface area contributed by atoms with Crippen molar-refractivity contribution in [3.8, 4) is 27.9 Å². The Kier molecular flexibility index (Phi) is 8.11. The summed E-state index contributed by atoms with van der Waals surface area (Å²) in [7, 11) is 0. The highest BCUT2D eigenvalue weighted by molar-refractivity contribution is 6.10. The third kappa shape index (κ3) is 5.43. The summed E-state index contributed by atoms with van der Waals surface area (Å²) in [6, 6.07) is 89.1. The first-order chi connectivity index (χ1) is 30.3. The van der Waals surface area contributed by atoms with E-state index >= 15 is 0 Å². The fraction of sp³-hybridized carbons (Fsp3) is 0.0169. The molecule has 0 spiro atoms. The summed E-state index contributed by atoms with van der Waals surface area (Å²) >= 11 is 0. The molecule has 1 aliphatic carbocycles. The van der Waals surface area contributed by atoms with Gasteiger partial charge in [0.05, 0.1) is 16.4 Å². The van der Waals surface area contributed by atoms with E-state index in [0.29, 0.717) is 0 Å². The molecule has 10 aromatic carbocycles. The first kappa shape index (κ1) is 35.0. The molecule has 0 unspecified atom stereocenters. The molecular weight excluding hydrogens is 737 g/mol. The molecule has 0 saturated carbocycles. The summed E-state index contributed by atoms with van der Waals surface area (Å²) in [5, 5.41) is 4.97. The average Bonchev–Trinajstić information content (AvgIpc) is 3.83. The lowest BCUT2D eigenvalue weighted by molar-refractivity contribution is 0.768. The van der Waals surface area contributed by atoms with Crippen LogP contribution in [0, 0.1) is 0 Å². The molecule has 0 aliphatic heterocycles. The van der Waals surface area contributed by atoms with Gasteiger partial charge in [-0.25, -0.2) is 0 Å². The van der Waals surface area contributed by atoms with E-state index in [1.54, 1.807) is 0 Å². The maximum atomic E-state index is 2.46. The van der Waals surface area contributed by atoms with E-state index in [-0.39, 0.29) is 0 Å². The monoisotopic (exact) mass is 776 g/mol. The summed E-state index contributed by atoms with van der Waals surface area (Å²) in [4.78, 5) is 2.45. The van der Waals surface area contributed by atoms with Gasteiger partial charge >= 0.3 is 0 Å². The van der Waals surface area contributed by atoms with Crippen LogP contribution < -0.4 is 4.90 Å². The molecule has 11 aromatic rings. The highest BCUT2D eigenvalue weighted by atomic mass is 15.1. The minimum atomic E-state index is -0.516. The lowest BCUT2D eigenvalue weighted by Crippen LogP contribution is -2.28. The molecule has 0 bridgehead atoms. The molecule has 0 amide bonds. The van der Waals surface area contributed by atoms with Crippen LogP contribution in [0.25, 0.3) is 60.5 Å². The Labute approximate surface area is 355 Å². The molecule has 0 fully saturated rings. The minimum absolute atomic E-state index is 0.516. The molecule has 1 aliphatic rings. The Morgan fingerprint density at radius 1 is 0.328 bits per heavy atom. The lowest BCUT2D eigenvalue weighted by Gasteiger charge is -2.35. The van der Waals surface area contributed by atoms with Crippen molar-refractivity contribution >= 4 is 49.6 Å². The van der Waals surface area contributed by atoms with Gasteiger partial charge < -0.3 is 9.47 Å². The van der Waals surface area contributed by atoms with Crippen molar-refractivity contribution in [2.24, 2.45) is 0 Å². The summed E-state index contributed by atoms with van der Waals surface area (Å²) in [6.45, 7) is 0. The molecule has 286 valence electrons. The van der Waals surface area contributed by atoms with Crippen molar-refractivity contribution in [1.82, 2.24) is 4.57 Å². The van der Waals surface area contributed by atoms with Gasteiger partial charge in [-0.3, -0.25) is 0 Å². The van der Waals surface area contributed by atoms with Crippen molar-refractivity contribution < 1.29 is 0 Å². The molecule has 12 rings (SSSR count). The van der Waals surface area contributed by atoms with Crippen LogP contribution in [-0.4, -0.2) is 4.57 Å². The molecule has 2 nitrogen and oxygen atoms in total. The second-order valence-electron chi connectivity index (χ2n) is 16.1. The van der Waals surface area contributed by atoms with Crippen LogP contribution >= 0.6 is 0 Å². The van der Waals surface area contributed by atoms with E-state index in [2.05, 4.69) is 252 Å². The van der Waals surface area contributed by atoms with Crippen LogP contribution in [0.15, 0.2) is 243 Å². The van der Waals surface area contributed by atoms with Crippen LogP contribution in [0.1, 0.15) is 22.3 Å². The van der Waals surface area contributed by atoms with Gasteiger partial charge in [-0.1, -0.05) is 188 Å². The molecular formula is C59H40N2. The highest BCUT2D eigenvalue weighted by Gasteiger charge is 2.46. The molecule has 1 aromatic heterocycles. The Morgan fingerprint density at radius 3 is 1.64 bits per heavy atom. The molecule has 2 heteroatoms. The maximum absolute atomic E-state index is 2.46. The lowest BCUT2D eigenvalue weighted by atomic mass is 9.67. The fourth-order valence-corrected chi connectivity index (χ4v) is 10.2. The predicted molar refractivity (Wildman–Crippen MR) is 256 cm³/mol. The third-order valence-electron chi connectivity index (χ3n) is 12.9. The van der Waals surface area contributed by atoms with Gasteiger partial charge in [0.25, 0.3) is 0 Å². The topological polar surface area (TPSA) is 8.17 Å². The largest absolute Gasteiger partial charge is 0.310 e. The van der Waals surface area contributed by atoms with E-state index in [1.807, 2.05) is 0 Å². The van der Waals surface area contributed by atoms with Crippen LogP contribution in [0.5, 0.6) is 0 Å². The summed E-state index contributed by atoms with van der Waals surface area (Å²) in [5.41, 5.74) is 16.3. The highest BCUT2D eigenvalue weighted by Crippen LogP contribution is 2.57. The number of fused-ring (bicyclic) bond motifs is 7. The van der Waals surface area contributed by atoms with E-state index in [9.17, 15) is 0 Å². The smallest absolute Gasteiger partial charge is 0.0714 e. The zero-order valence-electron chi connectivity index (χ0n) is 33.5. The van der Waals surface area contributed by atoms with Gasteiger partial charge in [-0.2, -0.15) is 0 Å². The van der Waals surface area contributed by atoms with Crippen LogP contribution in [-0.2, 0) is 5.41 Å². The molecule has 1 heterocycles. The number of nitrogens with zero attached hydrogens (tertiary/aromatic N) is 2. The standard InChI is InChI=1S/C59H40N2/c1-4-19-43(20-5-1)59(44-21-6-2-7-22-44)55-29-14-12-26-51(55)52-37-35-47(39-56(52)59)60(46-33-31-42(32-34-46)50-28-16-18-41-17-10-11-25-49(41)50)48-36-38-54-53-27-13-15-30-57(53)61(58(54)40-48)45-23-8-3-9-24-45/h1-40H. The first-order valence-corrected chi connectivity index (χ1v) is 21.1. The number of rotatable bonds is 7. The van der Waals surface area contributed by atoms with Crippen molar-refractivity contribution in [2.75, 3.05) is 4.90 Å². The Morgan fingerprint density at radius 2 is 0.869 bits per heavy atom. The zero-order chi connectivity index (χ0) is 40.3. The van der Waals surface area contributed by atoms with Crippen molar-refractivity contribution in [3.63, 3.8) is 0 Å². The number of aromatic nitrogens is 1. The predicted octanol–water partition coefficient (Wildman–Crippen LogP) is 15.4. The number of anilines is 3. The van der Waals surface area contributed by atoms with E-state index in [4.69, 9.17) is 0 Å². The van der Waals surface area contributed by atoms with E-state index in [1.165, 1.54) is 77.1 Å². The number of hydrogen-bond acceptors (Lipinski definition) is 1. The molecule has 0 atom stereocenters. The van der Waals surface area contributed by atoms with Crippen molar-refractivity contribution in [3.05, 3.63) is 265 Å². The van der Waals surface area contributed by atoms with Gasteiger partial charge in [0, 0.05) is 33.5 Å². The minimum Gasteiger partial charge on any atom is -0.310 e. The second kappa shape index (κ2) is 14.1. The van der Waals surface area contributed by atoms with Gasteiger partial charge in [-0.15, -0.1) is 0 Å². The third-order valence-corrected chi connectivity index (χ3v) is 12.9. The van der Waals surface area contributed by atoms with Crippen molar-refractivity contribution in [2.45, 2.75) is 5.41 Å². The molecule has 61 heavy (non-hydrogen) atoms. The average molecular weight is 777 g/mol. The van der Waals surface area contributed by atoms with E-state index in [0.717, 1.165) is 22.7 Å². The molecule has 0 N–H and O–H groups in total. The summed E-state index contributed by atoms with van der Waals surface area (Å²) in [6.07, 6.45) is 0. The first-order valence-electron chi connectivity index (χ1n) is 21.1. The van der Waals surface area contributed by atoms with Crippen molar-refractivity contribution in [1.29, 1.82) is 0 Å². The van der Waals surface area contributed by atoms with Gasteiger partial charge in [0.15, 0.2) is 0 Å². The Balaban J connectivity index is 1.11. The zero-order valence-corrected chi connectivity index (χ0v) is 33.5. The van der Waals surface area contributed by atoms with Gasteiger partial charge in [0.2, 0.25) is 0 Å². The number of para-hydroxylation sites is 2.